The summed E-state index contributed by atoms with van der Waals surface area (Å²) in [6, 6.07) is 25.1. The minimum Gasteiger partial charge on any atom is -0.321 e. The first-order valence-electron chi connectivity index (χ1n) is 8.56. The van der Waals surface area contributed by atoms with E-state index in [-0.39, 0.29) is 5.57 Å². The van der Waals surface area contributed by atoms with Crippen LogP contribution in [0.2, 0.25) is 0 Å². The Labute approximate surface area is 181 Å². The van der Waals surface area contributed by atoms with Crippen molar-refractivity contribution in [3.63, 3.8) is 0 Å². The third-order valence-electron chi connectivity index (χ3n) is 4.11. The van der Waals surface area contributed by atoms with Gasteiger partial charge in [-0.25, -0.2) is 0 Å². The molecule has 0 saturated carbocycles. The van der Waals surface area contributed by atoms with Crippen LogP contribution in [0.4, 0.5) is 5.69 Å². The van der Waals surface area contributed by atoms with Crippen molar-refractivity contribution in [3.8, 4) is 6.07 Å². The maximum absolute atomic E-state index is 12.4. The van der Waals surface area contributed by atoms with E-state index in [1.807, 2.05) is 60.7 Å². The monoisotopic (exact) mass is 494 g/mol. The fraction of sp³-hybridized carbons (Fsp3) is 0.0435. The van der Waals surface area contributed by atoms with Gasteiger partial charge in [0.25, 0.3) is 5.91 Å². The van der Waals surface area contributed by atoms with Gasteiger partial charge in [-0.15, -0.1) is 0 Å². The first-order chi connectivity index (χ1) is 13.5. The summed E-state index contributed by atoms with van der Waals surface area (Å²) in [5, 5.41) is 12.1. The molecule has 0 radical (unpaired) electrons. The van der Waals surface area contributed by atoms with Crippen molar-refractivity contribution in [3.05, 3.63) is 104 Å². The van der Waals surface area contributed by atoms with E-state index in [0.717, 1.165) is 26.5 Å². The van der Waals surface area contributed by atoms with E-state index in [0.29, 0.717) is 5.69 Å². The first-order valence-corrected chi connectivity index (χ1v) is 10.1. The summed E-state index contributed by atoms with van der Waals surface area (Å²) in [5.41, 5.74) is 3.86. The van der Waals surface area contributed by atoms with Gasteiger partial charge in [0.15, 0.2) is 0 Å². The van der Waals surface area contributed by atoms with Crippen LogP contribution in [0.1, 0.15) is 16.7 Å². The standard InChI is InChI=1S/C23H16Br2N2O/c24-20-9-11-21(12-10-20)27-23(28)19(15-26)14-17-7-5-16(6-8-17)13-18-3-1-2-4-22(18)25/h1-12,14H,13H2,(H,27,28)/b19-14+. The molecule has 0 fully saturated rings. The van der Waals surface area contributed by atoms with Crippen molar-refractivity contribution in [2.75, 3.05) is 5.32 Å². The summed E-state index contributed by atoms with van der Waals surface area (Å²) in [6.45, 7) is 0. The zero-order chi connectivity index (χ0) is 19.9. The third kappa shape index (κ3) is 5.41. The van der Waals surface area contributed by atoms with Gasteiger partial charge in [0.05, 0.1) is 0 Å². The molecule has 0 aliphatic rings. The highest BCUT2D eigenvalue weighted by molar-refractivity contribution is 9.10. The smallest absolute Gasteiger partial charge is 0.266 e. The Kier molecular flexibility index (Phi) is 6.80. The molecular weight excluding hydrogens is 480 g/mol. The SMILES string of the molecule is N#C/C(=C\c1ccc(Cc2ccccc2Br)cc1)C(=O)Nc1ccc(Br)cc1. The van der Waals surface area contributed by atoms with Crippen LogP contribution in [0.5, 0.6) is 0 Å². The Balaban J connectivity index is 1.72. The average molecular weight is 496 g/mol. The Morgan fingerprint density at radius 3 is 2.29 bits per heavy atom. The number of anilines is 1. The molecule has 0 aliphatic carbocycles. The molecule has 0 saturated heterocycles. The minimum absolute atomic E-state index is 0.0569. The number of nitrogens with one attached hydrogen (secondary N) is 1. The van der Waals surface area contributed by atoms with Gasteiger partial charge in [0.2, 0.25) is 0 Å². The van der Waals surface area contributed by atoms with Crippen LogP contribution in [0.25, 0.3) is 6.08 Å². The fourth-order valence-electron chi connectivity index (χ4n) is 2.64. The normalized spacial score (nSPS) is 11.0. The van der Waals surface area contributed by atoms with E-state index < -0.39 is 5.91 Å². The lowest BCUT2D eigenvalue weighted by atomic mass is 10.0. The van der Waals surface area contributed by atoms with Crippen LogP contribution in [-0.4, -0.2) is 5.91 Å². The summed E-state index contributed by atoms with van der Waals surface area (Å²) >= 11 is 6.91. The number of nitrogens with zero attached hydrogens (tertiary/aromatic N) is 1. The maximum Gasteiger partial charge on any atom is 0.266 e. The highest BCUT2D eigenvalue weighted by Gasteiger charge is 2.09. The van der Waals surface area contributed by atoms with E-state index in [9.17, 15) is 10.1 Å². The second-order valence-corrected chi connectivity index (χ2v) is 7.91. The Morgan fingerprint density at radius 2 is 1.64 bits per heavy atom. The van der Waals surface area contributed by atoms with Crippen molar-refractivity contribution in [2.24, 2.45) is 0 Å². The second kappa shape index (κ2) is 9.50. The second-order valence-electron chi connectivity index (χ2n) is 6.14. The molecule has 0 atom stereocenters. The molecule has 0 heterocycles. The number of carbonyl (C=O) groups excluding carboxylic acids is 1. The first kappa shape index (κ1) is 20.1. The van der Waals surface area contributed by atoms with Crippen molar-refractivity contribution in [1.29, 1.82) is 5.26 Å². The van der Waals surface area contributed by atoms with E-state index in [1.165, 1.54) is 5.56 Å². The molecule has 3 aromatic rings. The number of hydrogen-bond acceptors (Lipinski definition) is 2. The van der Waals surface area contributed by atoms with Crippen LogP contribution in [0, 0.1) is 11.3 Å². The van der Waals surface area contributed by atoms with Gasteiger partial charge in [-0.05, 0) is 59.5 Å². The molecule has 138 valence electrons. The minimum atomic E-state index is -0.429. The number of nitriles is 1. The molecule has 28 heavy (non-hydrogen) atoms. The van der Waals surface area contributed by atoms with E-state index in [4.69, 9.17) is 0 Å². The van der Waals surface area contributed by atoms with Gasteiger partial charge in [-0.1, -0.05) is 74.3 Å². The van der Waals surface area contributed by atoms with Crippen LogP contribution in [-0.2, 0) is 11.2 Å². The summed E-state index contributed by atoms with van der Waals surface area (Å²) in [5.74, 6) is -0.429. The van der Waals surface area contributed by atoms with Crippen molar-refractivity contribution in [1.82, 2.24) is 0 Å². The van der Waals surface area contributed by atoms with Gasteiger partial charge in [0, 0.05) is 14.6 Å². The number of benzene rings is 3. The summed E-state index contributed by atoms with van der Waals surface area (Å²) in [6.07, 6.45) is 2.40. The lowest BCUT2D eigenvalue weighted by Crippen LogP contribution is -2.13. The zero-order valence-electron chi connectivity index (χ0n) is 14.8. The Bertz CT molecular complexity index is 1050. The molecule has 0 aromatic heterocycles. The van der Waals surface area contributed by atoms with Gasteiger partial charge in [-0.2, -0.15) is 5.26 Å². The molecule has 5 heteroatoms. The number of rotatable bonds is 5. The predicted molar refractivity (Wildman–Crippen MR) is 120 cm³/mol. The summed E-state index contributed by atoms with van der Waals surface area (Å²) < 4.78 is 2.00. The van der Waals surface area contributed by atoms with Crippen LogP contribution in [0.15, 0.2) is 87.3 Å². The topological polar surface area (TPSA) is 52.9 Å². The van der Waals surface area contributed by atoms with Crippen molar-refractivity contribution < 1.29 is 4.79 Å². The van der Waals surface area contributed by atoms with Gasteiger partial charge in [-0.3, -0.25) is 4.79 Å². The van der Waals surface area contributed by atoms with E-state index >= 15 is 0 Å². The zero-order valence-corrected chi connectivity index (χ0v) is 18.0. The van der Waals surface area contributed by atoms with Crippen molar-refractivity contribution >= 4 is 49.5 Å². The van der Waals surface area contributed by atoms with Crippen LogP contribution < -0.4 is 5.32 Å². The maximum atomic E-state index is 12.4. The predicted octanol–water partition coefficient (Wildman–Crippen LogP) is 6.35. The quantitative estimate of drug-likeness (QED) is 0.331. The molecule has 1 amide bonds. The average Bonchev–Trinajstić information content (AvgIpc) is 2.70. The summed E-state index contributed by atoms with van der Waals surface area (Å²) in [7, 11) is 0. The lowest BCUT2D eigenvalue weighted by molar-refractivity contribution is -0.112. The molecular formula is C23H16Br2N2O. The number of halogens is 2. The van der Waals surface area contributed by atoms with Gasteiger partial charge >= 0.3 is 0 Å². The largest absolute Gasteiger partial charge is 0.321 e. The molecule has 0 spiro atoms. The number of carbonyl (C=O) groups is 1. The van der Waals surface area contributed by atoms with E-state index in [1.54, 1.807) is 18.2 Å². The fourth-order valence-corrected chi connectivity index (χ4v) is 3.33. The molecule has 3 nitrogen and oxygen atoms in total. The highest BCUT2D eigenvalue weighted by atomic mass is 79.9. The van der Waals surface area contributed by atoms with E-state index in [2.05, 4.69) is 43.2 Å². The highest BCUT2D eigenvalue weighted by Crippen LogP contribution is 2.20. The Morgan fingerprint density at radius 1 is 0.964 bits per heavy atom. The molecule has 3 aromatic carbocycles. The molecule has 0 aliphatic heterocycles. The molecule has 0 bridgehead atoms. The molecule has 0 unspecified atom stereocenters. The number of hydrogen-bond donors (Lipinski definition) is 1. The van der Waals surface area contributed by atoms with Crippen LogP contribution in [0.3, 0.4) is 0 Å². The Hall–Kier alpha value is -2.68. The van der Waals surface area contributed by atoms with Crippen molar-refractivity contribution in [2.45, 2.75) is 6.42 Å². The molecule has 3 rings (SSSR count). The van der Waals surface area contributed by atoms with Gasteiger partial charge < -0.3 is 5.32 Å². The third-order valence-corrected chi connectivity index (χ3v) is 5.41. The summed E-state index contributed by atoms with van der Waals surface area (Å²) in [4.78, 5) is 12.4. The van der Waals surface area contributed by atoms with Gasteiger partial charge in [0.1, 0.15) is 11.6 Å². The molecule has 1 N–H and O–H groups in total. The van der Waals surface area contributed by atoms with Crippen LogP contribution >= 0.6 is 31.9 Å². The lowest BCUT2D eigenvalue weighted by Gasteiger charge is -2.06. The number of amides is 1.